The average Bonchev–Trinajstić information content (AvgIpc) is 2.93. The third-order valence-corrected chi connectivity index (χ3v) is 3.96. The van der Waals surface area contributed by atoms with Crippen molar-refractivity contribution >= 4 is 5.82 Å². The van der Waals surface area contributed by atoms with E-state index in [1.54, 1.807) is 6.20 Å². The summed E-state index contributed by atoms with van der Waals surface area (Å²) in [4.78, 5) is 4.11. The van der Waals surface area contributed by atoms with E-state index in [4.69, 9.17) is 10.5 Å². The van der Waals surface area contributed by atoms with Crippen molar-refractivity contribution in [3.8, 4) is 0 Å². The summed E-state index contributed by atoms with van der Waals surface area (Å²) in [6.45, 7) is 1.96. The lowest BCUT2D eigenvalue weighted by Gasteiger charge is -2.25. The molecular formula is C13H18N2O2. The van der Waals surface area contributed by atoms with Gasteiger partial charge in [-0.05, 0) is 37.8 Å². The maximum atomic E-state index is 10.4. The Hall–Kier alpha value is -1.13. The SMILES string of the molecule is Cc1cnc(N)c(C(O)C2CC3CCC2O3)c1. The molecule has 92 valence electrons. The van der Waals surface area contributed by atoms with Crippen LogP contribution >= 0.6 is 0 Å². The van der Waals surface area contributed by atoms with E-state index in [-0.39, 0.29) is 12.0 Å². The highest BCUT2D eigenvalue weighted by Gasteiger charge is 2.44. The fourth-order valence-electron chi connectivity index (χ4n) is 3.08. The van der Waals surface area contributed by atoms with Crippen LogP contribution in [-0.2, 0) is 4.74 Å². The van der Waals surface area contributed by atoms with Crippen LogP contribution in [-0.4, -0.2) is 22.3 Å². The first kappa shape index (κ1) is 11.0. The standard InChI is InChI=1S/C13H18N2O2/c1-7-4-10(13(14)15-6-7)12(16)9-5-8-2-3-11(9)17-8/h4,6,8-9,11-12,16H,2-3,5H2,1H3,(H2,14,15). The summed E-state index contributed by atoms with van der Waals surface area (Å²) in [7, 11) is 0. The molecule has 4 unspecified atom stereocenters. The summed E-state index contributed by atoms with van der Waals surface area (Å²) in [6, 6.07) is 1.93. The second-order valence-electron chi connectivity index (χ2n) is 5.21. The summed E-state index contributed by atoms with van der Waals surface area (Å²) < 4.78 is 5.78. The Balaban J connectivity index is 1.86. The van der Waals surface area contributed by atoms with Crippen LogP contribution in [0.1, 0.15) is 36.5 Å². The van der Waals surface area contributed by atoms with Crippen LogP contribution in [0.5, 0.6) is 0 Å². The second kappa shape index (κ2) is 3.96. The third-order valence-electron chi connectivity index (χ3n) is 3.96. The molecular weight excluding hydrogens is 216 g/mol. The van der Waals surface area contributed by atoms with Gasteiger partial charge in [-0.25, -0.2) is 4.98 Å². The summed E-state index contributed by atoms with van der Waals surface area (Å²) >= 11 is 0. The summed E-state index contributed by atoms with van der Waals surface area (Å²) in [5.41, 5.74) is 7.63. The van der Waals surface area contributed by atoms with E-state index in [1.165, 1.54) is 0 Å². The maximum absolute atomic E-state index is 10.4. The van der Waals surface area contributed by atoms with Crippen LogP contribution < -0.4 is 5.73 Å². The first-order chi connectivity index (χ1) is 8.15. The van der Waals surface area contributed by atoms with Gasteiger partial charge in [-0.3, -0.25) is 0 Å². The number of ether oxygens (including phenoxy) is 1. The van der Waals surface area contributed by atoms with Crippen molar-refractivity contribution in [1.29, 1.82) is 0 Å². The van der Waals surface area contributed by atoms with Gasteiger partial charge in [-0.15, -0.1) is 0 Å². The van der Waals surface area contributed by atoms with Gasteiger partial charge < -0.3 is 15.6 Å². The summed E-state index contributed by atoms with van der Waals surface area (Å²) in [5.74, 6) is 0.616. The van der Waals surface area contributed by atoms with Crippen LogP contribution in [0.15, 0.2) is 12.3 Å². The van der Waals surface area contributed by atoms with Crippen LogP contribution in [0.25, 0.3) is 0 Å². The molecule has 0 saturated carbocycles. The zero-order chi connectivity index (χ0) is 12.0. The van der Waals surface area contributed by atoms with Gasteiger partial charge in [0.2, 0.25) is 0 Å². The van der Waals surface area contributed by atoms with Gasteiger partial charge in [0.05, 0.1) is 18.3 Å². The Bertz CT molecular complexity index is 435. The van der Waals surface area contributed by atoms with Crippen molar-refractivity contribution in [2.75, 3.05) is 5.73 Å². The molecule has 17 heavy (non-hydrogen) atoms. The minimum atomic E-state index is -0.544. The Morgan fingerprint density at radius 3 is 3.00 bits per heavy atom. The predicted molar refractivity (Wildman–Crippen MR) is 64.3 cm³/mol. The number of fused-ring (bicyclic) bond motifs is 2. The van der Waals surface area contributed by atoms with Gasteiger partial charge in [-0.2, -0.15) is 0 Å². The fraction of sp³-hybridized carbons (Fsp3) is 0.615. The van der Waals surface area contributed by atoms with E-state index in [0.29, 0.717) is 11.9 Å². The highest BCUT2D eigenvalue weighted by Crippen LogP contribution is 2.45. The molecule has 2 saturated heterocycles. The molecule has 3 N–H and O–H groups in total. The van der Waals surface area contributed by atoms with Crippen LogP contribution in [0, 0.1) is 12.8 Å². The highest BCUT2D eigenvalue weighted by atomic mass is 16.5. The van der Waals surface area contributed by atoms with E-state index < -0.39 is 6.10 Å². The van der Waals surface area contributed by atoms with Gasteiger partial charge in [0.1, 0.15) is 5.82 Å². The Morgan fingerprint density at radius 2 is 2.35 bits per heavy atom. The molecule has 0 aliphatic carbocycles. The van der Waals surface area contributed by atoms with E-state index in [2.05, 4.69) is 4.98 Å². The smallest absolute Gasteiger partial charge is 0.129 e. The Kier molecular flexibility index (Phi) is 2.56. The van der Waals surface area contributed by atoms with E-state index in [1.807, 2.05) is 13.0 Å². The minimum Gasteiger partial charge on any atom is -0.388 e. The van der Waals surface area contributed by atoms with Crippen molar-refractivity contribution in [3.63, 3.8) is 0 Å². The van der Waals surface area contributed by atoms with Crippen molar-refractivity contribution in [2.45, 2.75) is 44.5 Å². The molecule has 2 bridgehead atoms. The number of aliphatic hydroxyl groups excluding tert-OH is 1. The minimum absolute atomic E-state index is 0.180. The first-order valence-corrected chi connectivity index (χ1v) is 6.20. The summed E-state index contributed by atoms with van der Waals surface area (Å²) in [5, 5.41) is 10.4. The Morgan fingerprint density at radius 1 is 1.53 bits per heavy atom. The summed E-state index contributed by atoms with van der Waals surface area (Å²) in [6.07, 6.45) is 4.87. The van der Waals surface area contributed by atoms with Gasteiger partial charge >= 0.3 is 0 Å². The molecule has 3 heterocycles. The second-order valence-corrected chi connectivity index (χ2v) is 5.21. The van der Waals surface area contributed by atoms with Crippen LogP contribution in [0.2, 0.25) is 0 Å². The number of rotatable bonds is 2. The van der Waals surface area contributed by atoms with Crippen molar-refractivity contribution in [1.82, 2.24) is 4.98 Å². The normalized spacial score (nSPS) is 32.9. The molecule has 1 aromatic rings. The molecule has 0 radical (unpaired) electrons. The molecule has 0 spiro atoms. The quantitative estimate of drug-likeness (QED) is 0.815. The van der Waals surface area contributed by atoms with Crippen LogP contribution in [0.3, 0.4) is 0 Å². The van der Waals surface area contributed by atoms with Gasteiger partial charge in [0, 0.05) is 17.7 Å². The third kappa shape index (κ3) is 1.81. The number of aryl methyl sites for hydroxylation is 1. The van der Waals surface area contributed by atoms with Crippen LogP contribution in [0.4, 0.5) is 5.82 Å². The number of hydrogen-bond donors (Lipinski definition) is 2. The average molecular weight is 234 g/mol. The molecule has 0 amide bonds. The highest BCUT2D eigenvalue weighted by molar-refractivity contribution is 5.42. The van der Waals surface area contributed by atoms with Crippen molar-refractivity contribution in [3.05, 3.63) is 23.4 Å². The largest absolute Gasteiger partial charge is 0.388 e. The Labute approximate surface area is 101 Å². The number of pyridine rings is 1. The van der Waals surface area contributed by atoms with Gasteiger partial charge in [-0.1, -0.05) is 0 Å². The van der Waals surface area contributed by atoms with Crippen molar-refractivity contribution < 1.29 is 9.84 Å². The number of anilines is 1. The van der Waals surface area contributed by atoms with Gasteiger partial charge in [0.25, 0.3) is 0 Å². The van der Waals surface area contributed by atoms with E-state index in [0.717, 1.165) is 30.4 Å². The number of aliphatic hydroxyl groups is 1. The zero-order valence-electron chi connectivity index (χ0n) is 9.97. The number of hydrogen-bond acceptors (Lipinski definition) is 4. The predicted octanol–water partition coefficient (Wildman–Crippen LogP) is 1.57. The molecule has 4 heteroatoms. The van der Waals surface area contributed by atoms with E-state index >= 15 is 0 Å². The number of nitrogens with two attached hydrogens (primary N) is 1. The molecule has 2 fully saturated rings. The molecule has 0 aromatic carbocycles. The molecule has 4 nitrogen and oxygen atoms in total. The molecule has 4 atom stereocenters. The molecule has 3 rings (SSSR count). The fourth-order valence-corrected chi connectivity index (χ4v) is 3.08. The van der Waals surface area contributed by atoms with Gasteiger partial charge in [0.15, 0.2) is 0 Å². The molecule has 2 aliphatic heterocycles. The molecule has 1 aromatic heterocycles. The lowest BCUT2D eigenvalue weighted by Crippen LogP contribution is -2.24. The van der Waals surface area contributed by atoms with Crippen molar-refractivity contribution in [2.24, 2.45) is 5.92 Å². The lowest BCUT2D eigenvalue weighted by molar-refractivity contribution is 0.0424. The maximum Gasteiger partial charge on any atom is 0.129 e. The monoisotopic (exact) mass is 234 g/mol. The zero-order valence-corrected chi connectivity index (χ0v) is 9.97. The lowest BCUT2D eigenvalue weighted by atomic mass is 9.82. The topological polar surface area (TPSA) is 68.4 Å². The molecule has 2 aliphatic rings. The number of aromatic nitrogens is 1. The first-order valence-electron chi connectivity index (χ1n) is 6.20. The van der Waals surface area contributed by atoms with E-state index in [9.17, 15) is 5.11 Å². The number of nitrogens with zero attached hydrogens (tertiary/aromatic N) is 1. The number of nitrogen functional groups attached to an aromatic ring is 1.